The van der Waals surface area contributed by atoms with E-state index >= 15 is 0 Å². The molecule has 7 atom stereocenters. The average Bonchev–Trinajstić information content (AvgIpc) is 3.86. The predicted octanol–water partition coefficient (Wildman–Crippen LogP) is 2.34. The van der Waals surface area contributed by atoms with Gasteiger partial charge in [-0.05, 0) is 59.7 Å². The maximum Gasteiger partial charge on any atom is 0.480 e. The van der Waals surface area contributed by atoms with Crippen LogP contribution in [0, 0.1) is 0 Å². The molecule has 1 aliphatic rings. The highest BCUT2D eigenvalue weighted by molar-refractivity contribution is 8.85. The predicted molar refractivity (Wildman–Crippen MR) is 261 cm³/mol. The summed E-state index contributed by atoms with van der Waals surface area (Å²) in [4.78, 5) is 106. The van der Waals surface area contributed by atoms with Crippen LogP contribution in [0.1, 0.15) is 17.6 Å². The van der Waals surface area contributed by atoms with Crippen molar-refractivity contribution >= 4 is 78.9 Å². The van der Waals surface area contributed by atoms with Crippen molar-refractivity contribution in [3.8, 4) is 33.9 Å². The Labute approximate surface area is 425 Å². The summed E-state index contributed by atoms with van der Waals surface area (Å²) in [6.07, 6.45) is -3.98. The van der Waals surface area contributed by atoms with E-state index in [0.717, 1.165) is 16.1 Å². The number of aliphatic hydroxyl groups excluding tert-OH is 2. The van der Waals surface area contributed by atoms with Gasteiger partial charge in [0.05, 0.1) is 84.3 Å². The average molecular weight is 1120 g/mol. The molecule has 398 valence electrons. The van der Waals surface area contributed by atoms with E-state index in [4.69, 9.17) is 20.0 Å². The van der Waals surface area contributed by atoms with Gasteiger partial charge in [-0.15, -0.1) is 0 Å². The zero-order chi connectivity index (χ0) is 54.4. The minimum Gasteiger partial charge on any atom is -0.480 e. The lowest BCUT2D eigenvalue weighted by Crippen LogP contribution is -2.34. The van der Waals surface area contributed by atoms with Crippen molar-refractivity contribution in [1.82, 2.24) is 44.3 Å². The molecule has 0 aliphatic carbocycles. The second-order valence-electron chi connectivity index (χ2n) is 16.3. The molecule has 1 saturated heterocycles. The van der Waals surface area contributed by atoms with E-state index in [1.165, 1.54) is 35.2 Å². The number of pyridine rings is 3. The number of phosphoric ester groups is 1. The number of aromatic nitrogens is 7. The molecule has 75 heavy (non-hydrogen) atoms. The number of carboxylic acids is 4. The highest BCUT2D eigenvalue weighted by Crippen LogP contribution is 2.78. The Balaban J connectivity index is 1.08. The van der Waals surface area contributed by atoms with Crippen molar-refractivity contribution in [1.29, 1.82) is 0 Å². The largest absolute Gasteiger partial charge is 0.480 e. The second-order valence-corrected chi connectivity index (χ2v) is 25.3. The van der Waals surface area contributed by atoms with Gasteiger partial charge in [-0.25, -0.2) is 39.0 Å². The molecular weight excluding hydrogens is 1080 g/mol. The third kappa shape index (κ3) is 15.2. The van der Waals surface area contributed by atoms with E-state index in [2.05, 4.69) is 34.3 Å². The SMILES string of the molecule is Nc1ncnc2c1ncn2[C@@H]1O[C@H](COP(=O)(O)OP(=O)(O)SP(=O)(O)Nc2ccc(-c3cc(-c4cccc(CN(CC(=O)O)CC(=O)O)n4)nc(-c4cccc(CN(CC(=O)O)CC(=O)O)n4)c3)cc2)[C@H](O)C1O. The monoisotopic (exact) mass is 1120 g/mol. The molecule has 0 saturated carbocycles. The van der Waals surface area contributed by atoms with Crippen LogP contribution in [0.25, 0.3) is 45.1 Å². The fraction of sp³-hybridized carbons (Fsp3) is 0.268. The standard InChI is InChI=1S/C41H44N11O19P3S/c42-39-36-40(44-20-43-39)52(21-45-36)41-38(62)37(61)31(70-41)19-69-73(65,66)71-74(67,68)75-72(63,64)49-24-9-7-22(8-10-24)23-11-29(27-5-1-3-25(46-27)13-50(15-32(53)54)16-33(55)56)48-30(12-23)28-6-2-4-26(47-28)14-51(17-34(57)58)18-35(59)60/h1-12,20-21,31,37-38,41,61-62H,13-19H2,(H,53,54)(H,55,56)(H,57,58)(H,59,60)(H,65,66)(H,67,68)(H2,42,43,44)(H2,49,63,64)/t31-,37+,38?,41-/m1/s1. The lowest BCUT2D eigenvalue weighted by molar-refractivity contribution is -0.144. The van der Waals surface area contributed by atoms with Gasteiger partial charge in [-0.2, -0.15) is 4.31 Å². The van der Waals surface area contributed by atoms with Crippen LogP contribution in [0.3, 0.4) is 0 Å². The number of hydrogen-bond donors (Lipinski definition) is 11. The molecule has 0 radical (unpaired) electrons. The Kier molecular flexibility index (Phi) is 17.6. The molecule has 0 amide bonds. The summed E-state index contributed by atoms with van der Waals surface area (Å²) >= 11 is -0.615. The minimum atomic E-state index is -5.57. The van der Waals surface area contributed by atoms with Crippen LogP contribution >= 0.6 is 32.3 Å². The molecular formula is C41H44N11O19P3S. The topological polar surface area (TPSA) is 456 Å². The molecule has 1 aliphatic heterocycles. The molecule has 4 unspecified atom stereocenters. The van der Waals surface area contributed by atoms with Gasteiger partial charge in [-0.3, -0.25) is 42.6 Å². The number of hydrogen-bond acceptors (Lipinski definition) is 22. The van der Waals surface area contributed by atoms with Crippen molar-refractivity contribution < 1.29 is 91.8 Å². The van der Waals surface area contributed by atoms with E-state index in [-0.39, 0.29) is 69.9 Å². The van der Waals surface area contributed by atoms with Crippen molar-refractivity contribution in [2.75, 3.05) is 43.6 Å². The normalized spacial score (nSPS) is 19.1. The van der Waals surface area contributed by atoms with E-state index in [1.807, 2.05) is 0 Å². The molecule has 0 spiro atoms. The van der Waals surface area contributed by atoms with Gasteiger partial charge in [0, 0.05) is 18.8 Å². The van der Waals surface area contributed by atoms with Crippen molar-refractivity contribution in [2.24, 2.45) is 0 Å². The van der Waals surface area contributed by atoms with E-state index in [0.29, 0.717) is 11.1 Å². The number of anilines is 2. The van der Waals surface area contributed by atoms with E-state index in [1.54, 1.807) is 48.5 Å². The van der Waals surface area contributed by atoms with Crippen LogP contribution < -0.4 is 10.8 Å². The number of imidazole rings is 1. The van der Waals surface area contributed by atoms with Crippen LogP contribution in [-0.2, 0) is 59.5 Å². The maximum absolute atomic E-state index is 13.3. The first kappa shape index (κ1) is 56.1. The summed E-state index contributed by atoms with van der Waals surface area (Å²) in [5.74, 6) is -5.06. The Morgan fingerprint density at radius 2 is 1.24 bits per heavy atom. The van der Waals surface area contributed by atoms with Gasteiger partial charge >= 0.3 is 45.2 Å². The van der Waals surface area contributed by atoms with Gasteiger partial charge in [-0.1, -0.05) is 24.3 Å². The van der Waals surface area contributed by atoms with Crippen molar-refractivity contribution in [3.63, 3.8) is 0 Å². The molecule has 0 bridgehead atoms. The first-order valence-corrected chi connectivity index (χ1v) is 28.2. The fourth-order valence-corrected chi connectivity index (χ4v) is 16.0. The zero-order valence-corrected chi connectivity index (χ0v) is 41.8. The summed E-state index contributed by atoms with van der Waals surface area (Å²) in [6.45, 7) is -14.3. The van der Waals surface area contributed by atoms with E-state index < -0.39 is 114 Å². The van der Waals surface area contributed by atoms with Gasteiger partial charge in [0.25, 0.3) is 0 Å². The number of nitrogens with zero attached hydrogens (tertiary/aromatic N) is 9. The molecule has 1 aromatic carbocycles. The number of rotatable bonds is 25. The number of nitrogens with one attached hydrogen (secondary N) is 1. The first-order valence-electron chi connectivity index (χ1n) is 21.5. The molecule has 34 heteroatoms. The number of nitrogens with two attached hydrogens (primary N) is 1. The Bertz CT molecular complexity index is 3140. The highest BCUT2D eigenvalue weighted by Gasteiger charge is 2.47. The number of benzene rings is 1. The molecule has 6 aromatic rings. The summed E-state index contributed by atoms with van der Waals surface area (Å²) in [5, 5.41) is 60.9. The summed E-state index contributed by atoms with van der Waals surface area (Å²) in [6, 6.07) is 18.2. The minimum absolute atomic E-state index is 0.00923. The second kappa shape index (κ2) is 23.5. The fourth-order valence-electron chi connectivity index (χ4n) is 7.49. The van der Waals surface area contributed by atoms with Crippen LogP contribution in [-0.4, -0.2) is 165 Å². The van der Waals surface area contributed by atoms with Crippen LogP contribution in [0.2, 0.25) is 0 Å². The number of carboxylic acid groups (broad SMARTS) is 4. The summed E-state index contributed by atoms with van der Waals surface area (Å²) in [5.41, 5.74) is 8.33. The quantitative estimate of drug-likeness (QED) is 0.0366. The molecule has 6 heterocycles. The van der Waals surface area contributed by atoms with Crippen molar-refractivity contribution in [2.45, 2.75) is 37.6 Å². The highest BCUT2D eigenvalue weighted by atomic mass is 33.1. The van der Waals surface area contributed by atoms with Crippen LogP contribution in [0.5, 0.6) is 0 Å². The molecule has 12 N–H and O–H groups in total. The summed E-state index contributed by atoms with van der Waals surface area (Å²) < 4.78 is 55.1. The third-order valence-electron chi connectivity index (χ3n) is 10.5. The van der Waals surface area contributed by atoms with Crippen LogP contribution in [0.15, 0.2) is 85.5 Å². The van der Waals surface area contributed by atoms with Gasteiger partial charge in [0.15, 0.2) is 17.7 Å². The summed E-state index contributed by atoms with van der Waals surface area (Å²) in [7, 11) is -5.57. The lowest BCUT2D eigenvalue weighted by Gasteiger charge is -2.20. The number of aliphatic hydroxyl groups is 2. The Morgan fingerprint density at radius 3 is 1.76 bits per heavy atom. The smallest absolute Gasteiger partial charge is 0.480 e. The lowest BCUT2D eigenvalue weighted by atomic mass is 10.0. The Hall–Kier alpha value is -6.66. The number of fused-ring (bicyclic) bond motifs is 1. The van der Waals surface area contributed by atoms with Gasteiger partial charge < -0.3 is 60.9 Å². The zero-order valence-electron chi connectivity index (χ0n) is 38.3. The number of phosphoric acid groups is 1. The maximum atomic E-state index is 13.3. The molecule has 30 nitrogen and oxygen atoms in total. The van der Waals surface area contributed by atoms with Gasteiger partial charge in [0.2, 0.25) is 0 Å². The Morgan fingerprint density at radius 1 is 0.707 bits per heavy atom. The molecule has 7 rings (SSSR count). The van der Waals surface area contributed by atoms with Crippen molar-refractivity contribution in [3.05, 3.63) is 96.8 Å². The third-order valence-corrected chi connectivity index (χ3v) is 19.6. The molecule has 5 aromatic heterocycles. The molecule has 1 fully saturated rings. The van der Waals surface area contributed by atoms with Gasteiger partial charge in [0.1, 0.15) is 30.2 Å². The number of carbonyl (C=O) groups is 4. The van der Waals surface area contributed by atoms with E-state index in [9.17, 15) is 78.2 Å². The number of ether oxygens (including phenoxy) is 1. The first-order chi connectivity index (χ1) is 35.3. The number of nitrogen functional groups attached to an aromatic ring is 1. The van der Waals surface area contributed by atoms with Crippen LogP contribution in [0.4, 0.5) is 11.5 Å². The number of aliphatic carboxylic acids is 4.